The SMILES string of the molecule is CC(NC(=O)c1nc(N2CCOCC2)ncc1Cl)c1cccc(Cl)c1. The standard InChI is InChI=1S/C17H18Cl2N4O2/c1-11(12-3-2-4-13(18)9-12)21-16(24)15-14(19)10-20-17(22-15)23-5-7-25-8-6-23/h2-4,9-11H,5-8H2,1H3,(H,21,24). The van der Waals surface area contributed by atoms with Crippen molar-refractivity contribution in [2.75, 3.05) is 31.2 Å². The molecule has 0 bridgehead atoms. The second kappa shape index (κ2) is 7.99. The van der Waals surface area contributed by atoms with Crippen LogP contribution in [0.25, 0.3) is 0 Å². The van der Waals surface area contributed by atoms with Gasteiger partial charge in [-0.05, 0) is 24.6 Å². The molecule has 0 saturated carbocycles. The predicted molar refractivity (Wildman–Crippen MR) is 97.4 cm³/mol. The van der Waals surface area contributed by atoms with Crippen LogP contribution in [0.2, 0.25) is 10.0 Å². The Labute approximate surface area is 156 Å². The summed E-state index contributed by atoms with van der Waals surface area (Å²) in [6.45, 7) is 4.46. The van der Waals surface area contributed by atoms with E-state index in [-0.39, 0.29) is 22.7 Å². The van der Waals surface area contributed by atoms with Gasteiger partial charge < -0.3 is 15.0 Å². The molecule has 6 nitrogen and oxygen atoms in total. The summed E-state index contributed by atoms with van der Waals surface area (Å²) in [7, 11) is 0. The summed E-state index contributed by atoms with van der Waals surface area (Å²) in [6, 6.07) is 7.11. The van der Waals surface area contributed by atoms with E-state index < -0.39 is 0 Å². The molecule has 1 aliphatic rings. The molecule has 0 aliphatic carbocycles. The number of hydrogen-bond donors (Lipinski definition) is 1. The second-order valence-corrected chi connectivity index (χ2v) is 6.56. The maximum Gasteiger partial charge on any atom is 0.272 e. The van der Waals surface area contributed by atoms with Crippen LogP contribution in [0, 0.1) is 0 Å². The smallest absolute Gasteiger partial charge is 0.272 e. The first-order valence-electron chi connectivity index (χ1n) is 7.96. The minimum atomic E-state index is -0.352. The molecule has 2 heterocycles. The number of benzene rings is 1. The van der Waals surface area contributed by atoms with Gasteiger partial charge in [0, 0.05) is 18.1 Å². The number of nitrogens with one attached hydrogen (secondary N) is 1. The van der Waals surface area contributed by atoms with Crippen LogP contribution in [0.1, 0.15) is 29.0 Å². The first-order chi connectivity index (χ1) is 12.0. The molecule has 132 valence electrons. The predicted octanol–water partition coefficient (Wildman–Crippen LogP) is 3.11. The molecule has 1 aliphatic heterocycles. The van der Waals surface area contributed by atoms with E-state index in [4.69, 9.17) is 27.9 Å². The van der Waals surface area contributed by atoms with Crippen LogP contribution in [-0.4, -0.2) is 42.2 Å². The molecule has 1 amide bonds. The van der Waals surface area contributed by atoms with Gasteiger partial charge in [-0.2, -0.15) is 0 Å². The topological polar surface area (TPSA) is 67.4 Å². The summed E-state index contributed by atoms with van der Waals surface area (Å²) in [4.78, 5) is 23.1. The van der Waals surface area contributed by atoms with Gasteiger partial charge in [0.25, 0.3) is 5.91 Å². The molecule has 0 radical (unpaired) electrons. The highest BCUT2D eigenvalue weighted by molar-refractivity contribution is 6.33. The van der Waals surface area contributed by atoms with Gasteiger partial charge in [0.1, 0.15) is 0 Å². The van der Waals surface area contributed by atoms with Gasteiger partial charge in [0.2, 0.25) is 5.95 Å². The Bertz CT molecular complexity index is 766. The summed E-state index contributed by atoms with van der Waals surface area (Å²) in [6.07, 6.45) is 1.46. The Kier molecular flexibility index (Phi) is 5.73. The zero-order valence-electron chi connectivity index (χ0n) is 13.7. The van der Waals surface area contributed by atoms with Crippen LogP contribution < -0.4 is 10.2 Å². The Balaban J connectivity index is 1.76. The summed E-state index contributed by atoms with van der Waals surface area (Å²) in [5, 5.41) is 3.73. The largest absolute Gasteiger partial charge is 0.378 e. The Morgan fingerprint density at radius 3 is 2.80 bits per heavy atom. The van der Waals surface area contributed by atoms with E-state index in [2.05, 4.69) is 15.3 Å². The molecule has 1 N–H and O–H groups in total. The summed E-state index contributed by atoms with van der Waals surface area (Å²) >= 11 is 12.1. The fraction of sp³-hybridized carbons (Fsp3) is 0.353. The molecule has 2 aromatic rings. The van der Waals surface area contributed by atoms with E-state index >= 15 is 0 Å². The van der Waals surface area contributed by atoms with E-state index in [9.17, 15) is 4.79 Å². The van der Waals surface area contributed by atoms with E-state index in [1.54, 1.807) is 6.07 Å². The average Bonchev–Trinajstić information content (AvgIpc) is 2.62. The van der Waals surface area contributed by atoms with Crippen LogP contribution in [0.3, 0.4) is 0 Å². The fourth-order valence-corrected chi connectivity index (χ4v) is 2.93. The summed E-state index contributed by atoms with van der Waals surface area (Å²) < 4.78 is 5.32. The normalized spacial score (nSPS) is 15.7. The molecule has 3 rings (SSSR count). The molecule has 1 unspecified atom stereocenters. The number of ether oxygens (including phenoxy) is 1. The lowest BCUT2D eigenvalue weighted by molar-refractivity contribution is 0.0934. The van der Waals surface area contributed by atoms with Crippen molar-refractivity contribution in [1.82, 2.24) is 15.3 Å². The monoisotopic (exact) mass is 380 g/mol. The number of carbonyl (C=O) groups excluding carboxylic acids is 1. The molecular formula is C17H18Cl2N4O2. The first kappa shape index (κ1) is 17.9. The fourth-order valence-electron chi connectivity index (χ4n) is 2.56. The third-order valence-corrected chi connectivity index (χ3v) is 4.45. The van der Waals surface area contributed by atoms with Crippen molar-refractivity contribution < 1.29 is 9.53 Å². The van der Waals surface area contributed by atoms with E-state index in [0.717, 1.165) is 5.56 Å². The number of morpholine rings is 1. The van der Waals surface area contributed by atoms with Crippen LogP contribution in [-0.2, 0) is 4.74 Å². The Morgan fingerprint density at radius 2 is 2.08 bits per heavy atom. The van der Waals surface area contributed by atoms with Gasteiger partial charge in [-0.1, -0.05) is 35.3 Å². The van der Waals surface area contributed by atoms with Gasteiger partial charge >= 0.3 is 0 Å². The summed E-state index contributed by atoms with van der Waals surface area (Å²) in [5.41, 5.74) is 1.06. The van der Waals surface area contributed by atoms with Gasteiger partial charge in [-0.3, -0.25) is 4.79 Å². The molecule has 1 aromatic carbocycles. The van der Waals surface area contributed by atoms with Crippen LogP contribution in [0.15, 0.2) is 30.5 Å². The van der Waals surface area contributed by atoms with Gasteiger partial charge in [0.05, 0.1) is 30.5 Å². The van der Waals surface area contributed by atoms with E-state index in [1.807, 2.05) is 30.0 Å². The van der Waals surface area contributed by atoms with Crippen molar-refractivity contribution in [3.05, 3.63) is 51.8 Å². The lowest BCUT2D eigenvalue weighted by Crippen LogP contribution is -2.38. The Hall–Kier alpha value is -1.89. The molecule has 1 atom stereocenters. The first-order valence-corrected chi connectivity index (χ1v) is 8.72. The van der Waals surface area contributed by atoms with E-state index in [0.29, 0.717) is 37.3 Å². The number of aromatic nitrogens is 2. The van der Waals surface area contributed by atoms with Crippen LogP contribution >= 0.6 is 23.2 Å². The van der Waals surface area contributed by atoms with Crippen molar-refractivity contribution in [2.24, 2.45) is 0 Å². The van der Waals surface area contributed by atoms with Crippen molar-refractivity contribution in [2.45, 2.75) is 13.0 Å². The molecule has 0 spiro atoms. The Morgan fingerprint density at radius 1 is 1.32 bits per heavy atom. The minimum absolute atomic E-state index is 0.159. The van der Waals surface area contributed by atoms with Crippen molar-refractivity contribution in [3.8, 4) is 0 Å². The van der Waals surface area contributed by atoms with Crippen molar-refractivity contribution in [3.63, 3.8) is 0 Å². The molecule has 1 saturated heterocycles. The molecule has 1 fully saturated rings. The maximum absolute atomic E-state index is 12.6. The number of carbonyl (C=O) groups is 1. The number of amides is 1. The second-order valence-electron chi connectivity index (χ2n) is 5.72. The highest BCUT2D eigenvalue weighted by atomic mass is 35.5. The maximum atomic E-state index is 12.6. The van der Waals surface area contributed by atoms with Crippen molar-refractivity contribution in [1.29, 1.82) is 0 Å². The van der Waals surface area contributed by atoms with Gasteiger partial charge in [0.15, 0.2) is 5.69 Å². The zero-order chi connectivity index (χ0) is 17.8. The number of rotatable bonds is 4. The number of anilines is 1. The minimum Gasteiger partial charge on any atom is -0.378 e. The quantitative estimate of drug-likeness (QED) is 0.882. The zero-order valence-corrected chi connectivity index (χ0v) is 15.2. The van der Waals surface area contributed by atoms with Gasteiger partial charge in [-0.15, -0.1) is 0 Å². The number of hydrogen-bond acceptors (Lipinski definition) is 5. The lowest BCUT2D eigenvalue weighted by Gasteiger charge is -2.27. The van der Waals surface area contributed by atoms with Gasteiger partial charge in [-0.25, -0.2) is 9.97 Å². The molecule has 25 heavy (non-hydrogen) atoms. The highest BCUT2D eigenvalue weighted by Gasteiger charge is 2.20. The highest BCUT2D eigenvalue weighted by Crippen LogP contribution is 2.20. The van der Waals surface area contributed by atoms with Crippen LogP contribution in [0.5, 0.6) is 0 Å². The third kappa shape index (κ3) is 4.39. The number of halogens is 2. The molecule has 1 aromatic heterocycles. The van der Waals surface area contributed by atoms with E-state index in [1.165, 1.54) is 6.20 Å². The summed E-state index contributed by atoms with van der Waals surface area (Å²) in [5.74, 6) is 0.127. The third-order valence-electron chi connectivity index (χ3n) is 3.94. The lowest BCUT2D eigenvalue weighted by atomic mass is 10.1. The number of nitrogens with zero attached hydrogens (tertiary/aromatic N) is 3. The molecular weight excluding hydrogens is 363 g/mol. The van der Waals surface area contributed by atoms with Crippen LogP contribution in [0.4, 0.5) is 5.95 Å². The molecule has 8 heteroatoms. The average molecular weight is 381 g/mol. The van der Waals surface area contributed by atoms with Crippen molar-refractivity contribution >= 4 is 35.1 Å².